The van der Waals surface area contributed by atoms with Crippen LogP contribution in [0.1, 0.15) is 33.7 Å². The Morgan fingerprint density at radius 2 is 1.62 bits per heavy atom. The van der Waals surface area contributed by atoms with Crippen molar-refractivity contribution in [3.63, 3.8) is 0 Å². The standard InChI is InChI=1S/C26H22F6N2O3/c27-25(28,29)22-11-19(12-23(13-22)26(30,31)32)16-37-17-21(20-6-2-1-3-7-20)14-33-24(35)9-8-18-5-4-10-34(36)15-18/h1-13,15,21H,14,16-17H2,(H,33,35). The monoisotopic (exact) mass is 524 g/mol. The van der Waals surface area contributed by atoms with Crippen molar-refractivity contribution in [1.29, 1.82) is 0 Å². The van der Waals surface area contributed by atoms with E-state index in [0.717, 1.165) is 5.56 Å². The van der Waals surface area contributed by atoms with Crippen LogP contribution in [0.25, 0.3) is 6.08 Å². The summed E-state index contributed by atoms with van der Waals surface area (Å²) in [5.41, 5.74) is -1.85. The van der Waals surface area contributed by atoms with Crippen LogP contribution in [0.3, 0.4) is 0 Å². The molecule has 2 aromatic carbocycles. The maximum atomic E-state index is 13.1. The topological polar surface area (TPSA) is 65.3 Å². The second-order valence-electron chi connectivity index (χ2n) is 8.11. The van der Waals surface area contributed by atoms with Crippen molar-refractivity contribution in [2.24, 2.45) is 0 Å². The van der Waals surface area contributed by atoms with Crippen molar-refractivity contribution in [1.82, 2.24) is 5.32 Å². The zero-order chi connectivity index (χ0) is 27.1. The summed E-state index contributed by atoms with van der Waals surface area (Å²) in [6, 6.07) is 13.3. The molecular formula is C26H22F6N2O3. The van der Waals surface area contributed by atoms with Crippen LogP contribution in [0.5, 0.6) is 0 Å². The normalized spacial score (nSPS) is 13.0. The summed E-state index contributed by atoms with van der Waals surface area (Å²) in [5.74, 6) is -0.901. The van der Waals surface area contributed by atoms with E-state index in [0.29, 0.717) is 22.4 Å². The molecule has 0 saturated carbocycles. The van der Waals surface area contributed by atoms with Gasteiger partial charge in [0.25, 0.3) is 0 Å². The SMILES string of the molecule is O=C(C=Cc1ccc[n+]([O-])c1)NCC(COCc1cc(C(F)(F)F)cc(C(F)(F)F)c1)c1ccccc1. The largest absolute Gasteiger partial charge is 0.619 e. The highest BCUT2D eigenvalue weighted by Crippen LogP contribution is 2.36. The molecule has 1 unspecified atom stereocenters. The first-order chi connectivity index (χ1) is 17.4. The number of pyridine rings is 1. The second kappa shape index (κ2) is 11.9. The fourth-order valence-electron chi connectivity index (χ4n) is 3.45. The molecule has 1 amide bonds. The average Bonchev–Trinajstić information content (AvgIpc) is 2.84. The maximum Gasteiger partial charge on any atom is 0.416 e. The number of amides is 1. The Morgan fingerprint density at radius 1 is 0.973 bits per heavy atom. The molecule has 37 heavy (non-hydrogen) atoms. The molecule has 0 radical (unpaired) electrons. The van der Waals surface area contributed by atoms with Gasteiger partial charge in [-0.3, -0.25) is 4.79 Å². The molecule has 11 heteroatoms. The fraction of sp³-hybridized carbons (Fsp3) is 0.231. The van der Waals surface area contributed by atoms with Gasteiger partial charge in [0.15, 0.2) is 12.4 Å². The van der Waals surface area contributed by atoms with E-state index in [1.807, 2.05) is 0 Å². The van der Waals surface area contributed by atoms with Crippen molar-refractivity contribution in [3.8, 4) is 0 Å². The van der Waals surface area contributed by atoms with E-state index in [-0.39, 0.29) is 24.8 Å². The van der Waals surface area contributed by atoms with Crippen molar-refractivity contribution in [3.05, 3.63) is 112 Å². The number of carbonyl (C=O) groups is 1. The smallest absolute Gasteiger partial charge is 0.416 e. The quantitative estimate of drug-likeness (QED) is 0.174. The number of hydrogen-bond acceptors (Lipinski definition) is 3. The average molecular weight is 524 g/mol. The Balaban J connectivity index is 1.67. The Hall–Kier alpha value is -3.86. The summed E-state index contributed by atoms with van der Waals surface area (Å²) in [6.45, 7) is -0.492. The van der Waals surface area contributed by atoms with Gasteiger partial charge in [-0.25, -0.2) is 0 Å². The van der Waals surface area contributed by atoms with Crippen molar-refractivity contribution in [2.45, 2.75) is 24.9 Å². The van der Waals surface area contributed by atoms with Gasteiger partial charge >= 0.3 is 12.4 Å². The predicted molar refractivity (Wildman–Crippen MR) is 123 cm³/mol. The molecule has 5 nitrogen and oxygen atoms in total. The lowest BCUT2D eigenvalue weighted by Crippen LogP contribution is -2.29. The summed E-state index contributed by atoms with van der Waals surface area (Å²) < 4.78 is 84.7. The summed E-state index contributed by atoms with van der Waals surface area (Å²) in [7, 11) is 0. The lowest BCUT2D eigenvalue weighted by molar-refractivity contribution is -0.605. The first-order valence-corrected chi connectivity index (χ1v) is 11.0. The number of rotatable bonds is 9. The molecule has 0 bridgehead atoms. The lowest BCUT2D eigenvalue weighted by Gasteiger charge is -2.19. The highest BCUT2D eigenvalue weighted by atomic mass is 19.4. The van der Waals surface area contributed by atoms with Crippen LogP contribution >= 0.6 is 0 Å². The molecule has 1 heterocycles. The molecular weight excluding hydrogens is 502 g/mol. The van der Waals surface area contributed by atoms with E-state index < -0.39 is 41.9 Å². The number of nitrogens with zero attached hydrogens (tertiary/aromatic N) is 1. The van der Waals surface area contributed by atoms with Crippen LogP contribution in [0.4, 0.5) is 26.3 Å². The third kappa shape index (κ3) is 8.64. The summed E-state index contributed by atoms with van der Waals surface area (Å²) >= 11 is 0. The van der Waals surface area contributed by atoms with Gasteiger partial charge in [0, 0.05) is 30.2 Å². The number of benzene rings is 2. The maximum absolute atomic E-state index is 13.1. The predicted octanol–water partition coefficient (Wildman–Crippen LogP) is 5.49. The van der Waals surface area contributed by atoms with Crippen molar-refractivity contribution < 1.29 is 40.6 Å². The Bertz CT molecular complexity index is 1190. The number of ether oxygens (including phenoxy) is 1. The minimum Gasteiger partial charge on any atom is -0.619 e. The van der Waals surface area contributed by atoms with E-state index >= 15 is 0 Å². The molecule has 1 N–H and O–H groups in total. The molecule has 0 aliphatic heterocycles. The second-order valence-corrected chi connectivity index (χ2v) is 8.11. The van der Waals surface area contributed by atoms with Crippen LogP contribution < -0.4 is 10.0 Å². The third-order valence-corrected chi connectivity index (χ3v) is 5.25. The molecule has 1 atom stereocenters. The Labute approximate surface area is 208 Å². The van der Waals surface area contributed by atoms with Gasteiger partial charge in [-0.2, -0.15) is 31.1 Å². The number of hydrogen-bond donors (Lipinski definition) is 1. The van der Waals surface area contributed by atoms with E-state index in [9.17, 15) is 36.3 Å². The van der Waals surface area contributed by atoms with Crippen LogP contribution in [0, 0.1) is 5.21 Å². The Kier molecular flexibility index (Phi) is 8.93. The highest BCUT2D eigenvalue weighted by Gasteiger charge is 2.36. The Morgan fingerprint density at radius 3 is 2.22 bits per heavy atom. The van der Waals surface area contributed by atoms with Crippen LogP contribution in [0.2, 0.25) is 0 Å². The number of nitrogens with one attached hydrogen (secondary N) is 1. The van der Waals surface area contributed by atoms with Gasteiger partial charge in [-0.05, 0) is 41.5 Å². The lowest BCUT2D eigenvalue weighted by atomic mass is 10.00. The first-order valence-electron chi connectivity index (χ1n) is 11.0. The zero-order valence-electron chi connectivity index (χ0n) is 19.2. The van der Waals surface area contributed by atoms with Gasteiger partial charge in [0.2, 0.25) is 5.91 Å². The summed E-state index contributed by atoms with van der Waals surface area (Å²) in [5, 5.41) is 14.0. The minimum atomic E-state index is -4.95. The molecule has 3 aromatic rings. The molecule has 0 aliphatic rings. The van der Waals surface area contributed by atoms with Crippen LogP contribution in [-0.4, -0.2) is 19.1 Å². The van der Waals surface area contributed by atoms with Crippen LogP contribution in [0.15, 0.2) is 79.1 Å². The molecule has 0 fully saturated rings. The van der Waals surface area contributed by atoms with Gasteiger partial charge in [-0.1, -0.05) is 30.3 Å². The minimum absolute atomic E-state index is 0.0608. The summed E-state index contributed by atoms with van der Waals surface area (Å²) in [4.78, 5) is 12.3. The molecule has 196 valence electrons. The molecule has 1 aromatic heterocycles. The highest BCUT2D eigenvalue weighted by molar-refractivity contribution is 5.91. The van der Waals surface area contributed by atoms with Crippen molar-refractivity contribution >= 4 is 12.0 Å². The fourth-order valence-corrected chi connectivity index (χ4v) is 3.45. The van der Waals surface area contributed by atoms with Gasteiger partial charge in [-0.15, -0.1) is 0 Å². The van der Waals surface area contributed by atoms with E-state index in [1.54, 1.807) is 36.4 Å². The zero-order valence-corrected chi connectivity index (χ0v) is 19.2. The number of halogens is 6. The van der Waals surface area contributed by atoms with Crippen LogP contribution in [-0.2, 0) is 28.5 Å². The number of alkyl halides is 6. The van der Waals surface area contributed by atoms with E-state index in [1.165, 1.54) is 30.6 Å². The molecule has 0 saturated heterocycles. The molecule has 0 spiro atoms. The molecule has 0 aliphatic carbocycles. The van der Waals surface area contributed by atoms with Crippen molar-refractivity contribution in [2.75, 3.05) is 13.2 Å². The first kappa shape index (κ1) is 27.7. The summed E-state index contributed by atoms with van der Waals surface area (Å²) in [6.07, 6.45) is -4.64. The van der Waals surface area contributed by atoms with Gasteiger partial charge in [0.1, 0.15) is 0 Å². The van der Waals surface area contributed by atoms with E-state index in [2.05, 4.69) is 5.32 Å². The number of aromatic nitrogens is 1. The number of carbonyl (C=O) groups excluding carboxylic acids is 1. The van der Waals surface area contributed by atoms with Gasteiger partial charge < -0.3 is 15.3 Å². The van der Waals surface area contributed by atoms with Gasteiger partial charge in [0.05, 0.1) is 24.3 Å². The van der Waals surface area contributed by atoms with E-state index in [4.69, 9.17) is 4.74 Å². The third-order valence-electron chi connectivity index (χ3n) is 5.25. The molecule has 3 rings (SSSR count).